The van der Waals surface area contributed by atoms with Crippen LogP contribution in [0.4, 0.5) is 0 Å². The van der Waals surface area contributed by atoms with Crippen LogP contribution in [-0.2, 0) is 4.74 Å². The average molecular weight is 256 g/mol. The van der Waals surface area contributed by atoms with Crippen LogP contribution in [0.25, 0.3) is 11.0 Å². The van der Waals surface area contributed by atoms with Crippen molar-refractivity contribution in [3.05, 3.63) is 22.4 Å². The predicted molar refractivity (Wildman–Crippen MR) is 52.9 cm³/mol. The minimum absolute atomic E-state index is 0.365. The summed E-state index contributed by atoms with van der Waals surface area (Å²) in [5, 5.41) is 8.37. The smallest absolute Gasteiger partial charge is 0.354 e. The number of ether oxygens (including phenoxy) is 1. The number of rotatable bonds is 1. The maximum atomic E-state index is 11.2. The fourth-order valence-corrected chi connectivity index (χ4v) is 1.53. The van der Waals surface area contributed by atoms with Crippen LogP contribution in [0.15, 0.2) is 16.7 Å². The zero-order valence-electron chi connectivity index (χ0n) is 7.24. The van der Waals surface area contributed by atoms with E-state index in [0.29, 0.717) is 11.3 Å². The number of carbonyl (C=O) groups is 1. The number of carbonyl (C=O) groups excluding carboxylic acids is 1. The van der Waals surface area contributed by atoms with E-state index in [1.807, 2.05) is 0 Å². The summed E-state index contributed by atoms with van der Waals surface area (Å²) < 4.78 is 5.36. The molecule has 0 fully saturated rings. The first kappa shape index (κ1) is 9.14. The number of methoxy groups -OCH3 is 1. The minimum Gasteiger partial charge on any atom is -0.464 e. The normalized spacial score (nSPS) is 10.4. The van der Waals surface area contributed by atoms with Gasteiger partial charge in [-0.25, -0.2) is 4.79 Å². The van der Waals surface area contributed by atoms with Gasteiger partial charge in [0.1, 0.15) is 5.69 Å². The van der Waals surface area contributed by atoms with Gasteiger partial charge in [-0.1, -0.05) is 0 Å². The van der Waals surface area contributed by atoms with Crippen LogP contribution < -0.4 is 0 Å². The zero-order chi connectivity index (χ0) is 10.1. The highest BCUT2D eigenvalue weighted by molar-refractivity contribution is 9.10. The molecule has 6 heteroatoms. The van der Waals surface area contributed by atoms with Gasteiger partial charge >= 0.3 is 5.97 Å². The van der Waals surface area contributed by atoms with Gasteiger partial charge in [0.25, 0.3) is 0 Å². The molecule has 5 nitrogen and oxygen atoms in total. The molecule has 0 aliphatic carbocycles. The standard InChI is InChI=1S/C8H6BrN3O2/c1-14-8(13)6-2-4-5(9)3-10-12-7(4)11-6/h2-3H,1H3,(H,11,12). The quantitative estimate of drug-likeness (QED) is 0.785. The molecular weight excluding hydrogens is 250 g/mol. The van der Waals surface area contributed by atoms with E-state index in [0.717, 1.165) is 9.86 Å². The first-order valence-corrected chi connectivity index (χ1v) is 4.60. The highest BCUT2D eigenvalue weighted by atomic mass is 79.9. The zero-order valence-corrected chi connectivity index (χ0v) is 8.83. The molecule has 0 radical (unpaired) electrons. The summed E-state index contributed by atoms with van der Waals surface area (Å²) in [6.07, 6.45) is 1.57. The number of halogens is 1. The van der Waals surface area contributed by atoms with Crippen molar-refractivity contribution in [1.29, 1.82) is 0 Å². The molecule has 0 amide bonds. The summed E-state index contributed by atoms with van der Waals surface area (Å²) >= 11 is 3.31. The lowest BCUT2D eigenvalue weighted by Crippen LogP contribution is -2.00. The Morgan fingerprint density at radius 1 is 1.64 bits per heavy atom. The number of aromatic nitrogens is 3. The van der Waals surface area contributed by atoms with E-state index in [9.17, 15) is 4.79 Å². The van der Waals surface area contributed by atoms with Gasteiger partial charge in [0, 0.05) is 9.86 Å². The number of hydrogen-bond acceptors (Lipinski definition) is 4. The van der Waals surface area contributed by atoms with E-state index in [-0.39, 0.29) is 0 Å². The van der Waals surface area contributed by atoms with Gasteiger partial charge in [-0.05, 0) is 22.0 Å². The third-order valence-corrected chi connectivity index (χ3v) is 2.42. The van der Waals surface area contributed by atoms with E-state index in [1.54, 1.807) is 12.3 Å². The van der Waals surface area contributed by atoms with Crippen molar-refractivity contribution in [2.24, 2.45) is 0 Å². The topological polar surface area (TPSA) is 67.9 Å². The van der Waals surface area contributed by atoms with Gasteiger partial charge in [0.15, 0.2) is 5.65 Å². The highest BCUT2D eigenvalue weighted by Gasteiger charge is 2.11. The molecule has 2 heterocycles. The van der Waals surface area contributed by atoms with Crippen LogP contribution in [-0.4, -0.2) is 28.3 Å². The maximum Gasteiger partial charge on any atom is 0.354 e. The summed E-state index contributed by atoms with van der Waals surface area (Å²) in [6, 6.07) is 1.67. The molecule has 1 N–H and O–H groups in total. The Labute approximate surface area is 87.6 Å². The summed E-state index contributed by atoms with van der Waals surface area (Å²) in [5.74, 6) is -0.421. The lowest BCUT2D eigenvalue weighted by molar-refractivity contribution is 0.0595. The molecule has 14 heavy (non-hydrogen) atoms. The SMILES string of the molecule is COC(=O)c1cc2c(Br)cnnc2[nH]1. The largest absolute Gasteiger partial charge is 0.464 e. The molecule has 0 aliphatic rings. The highest BCUT2D eigenvalue weighted by Crippen LogP contribution is 2.21. The van der Waals surface area contributed by atoms with E-state index in [1.165, 1.54) is 7.11 Å². The number of nitrogens with one attached hydrogen (secondary N) is 1. The molecule has 0 bridgehead atoms. The molecule has 0 spiro atoms. The van der Waals surface area contributed by atoms with Crippen molar-refractivity contribution >= 4 is 32.9 Å². The van der Waals surface area contributed by atoms with Crippen LogP contribution in [0, 0.1) is 0 Å². The molecule has 2 aromatic heterocycles. The predicted octanol–water partition coefficient (Wildman–Crippen LogP) is 1.51. The number of esters is 1. The van der Waals surface area contributed by atoms with Crippen LogP contribution in [0.3, 0.4) is 0 Å². The second-order valence-corrected chi connectivity index (χ2v) is 3.48. The van der Waals surface area contributed by atoms with Crippen molar-refractivity contribution in [2.75, 3.05) is 7.11 Å². The molecule has 2 aromatic rings. The molecule has 0 saturated carbocycles. The minimum atomic E-state index is -0.421. The van der Waals surface area contributed by atoms with Gasteiger partial charge in [0.2, 0.25) is 0 Å². The summed E-state index contributed by atoms with van der Waals surface area (Å²) in [5.41, 5.74) is 0.920. The molecule has 2 rings (SSSR count). The van der Waals surface area contributed by atoms with E-state index >= 15 is 0 Å². The van der Waals surface area contributed by atoms with E-state index < -0.39 is 5.97 Å². The Morgan fingerprint density at radius 2 is 2.43 bits per heavy atom. The fourth-order valence-electron chi connectivity index (χ4n) is 1.13. The Hall–Kier alpha value is -1.43. The van der Waals surface area contributed by atoms with Gasteiger partial charge in [-0.3, -0.25) is 0 Å². The molecule has 0 saturated heterocycles. The third-order valence-electron chi connectivity index (χ3n) is 1.79. The van der Waals surface area contributed by atoms with Crippen molar-refractivity contribution < 1.29 is 9.53 Å². The van der Waals surface area contributed by atoms with Gasteiger partial charge in [0.05, 0.1) is 13.3 Å². The lowest BCUT2D eigenvalue weighted by Gasteiger charge is -1.91. The number of H-pyrrole nitrogens is 1. The lowest BCUT2D eigenvalue weighted by atomic mass is 10.3. The van der Waals surface area contributed by atoms with Crippen molar-refractivity contribution in [1.82, 2.24) is 15.2 Å². The number of hydrogen-bond donors (Lipinski definition) is 1. The van der Waals surface area contributed by atoms with Gasteiger partial charge in [-0.15, -0.1) is 5.10 Å². The molecule has 0 atom stereocenters. The van der Waals surface area contributed by atoms with Crippen LogP contribution >= 0.6 is 15.9 Å². The van der Waals surface area contributed by atoms with E-state index in [2.05, 4.69) is 35.8 Å². The van der Waals surface area contributed by atoms with Crippen LogP contribution in [0.1, 0.15) is 10.5 Å². The first-order chi connectivity index (χ1) is 6.72. The van der Waals surface area contributed by atoms with Crippen LogP contribution in [0.2, 0.25) is 0 Å². The first-order valence-electron chi connectivity index (χ1n) is 3.80. The Kier molecular flexibility index (Phi) is 2.20. The average Bonchev–Trinajstić information content (AvgIpc) is 2.62. The van der Waals surface area contributed by atoms with Crippen LogP contribution in [0.5, 0.6) is 0 Å². The molecule has 0 unspecified atom stereocenters. The molecule has 72 valence electrons. The monoisotopic (exact) mass is 255 g/mol. The van der Waals surface area contributed by atoms with Crippen molar-refractivity contribution in [3.63, 3.8) is 0 Å². The second kappa shape index (κ2) is 3.38. The molecule has 0 aromatic carbocycles. The number of fused-ring (bicyclic) bond motifs is 1. The summed E-state index contributed by atoms with van der Waals surface area (Å²) in [6.45, 7) is 0. The van der Waals surface area contributed by atoms with Gasteiger partial charge in [-0.2, -0.15) is 5.10 Å². The Balaban J connectivity index is 2.62. The van der Waals surface area contributed by atoms with Crippen molar-refractivity contribution in [3.8, 4) is 0 Å². The van der Waals surface area contributed by atoms with Crippen molar-refractivity contribution in [2.45, 2.75) is 0 Å². The number of nitrogens with zero attached hydrogens (tertiary/aromatic N) is 2. The van der Waals surface area contributed by atoms with E-state index in [4.69, 9.17) is 0 Å². The fraction of sp³-hybridized carbons (Fsp3) is 0.125. The molecular formula is C8H6BrN3O2. The second-order valence-electron chi connectivity index (χ2n) is 2.63. The Morgan fingerprint density at radius 3 is 3.07 bits per heavy atom. The number of aromatic amines is 1. The Bertz CT molecular complexity index is 494. The van der Waals surface area contributed by atoms with Gasteiger partial charge < -0.3 is 9.72 Å². The summed E-state index contributed by atoms with van der Waals surface area (Å²) in [7, 11) is 1.33. The molecule has 0 aliphatic heterocycles. The maximum absolute atomic E-state index is 11.2. The third kappa shape index (κ3) is 1.37. The summed E-state index contributed by atoms with van der Waals surface area (Å²) in [4.78, 5) is 14.0.